The molecule has 31 heavy (non-hydrogen) atoms. The second-order valence-corrected chi connectivity index (χ2v) is 10.7. The van der Waals surface area contributed by atoms with Crippen molar-refractivity contribution in [2.24, 2.45) is 5.92 Å². The van der Waals surface area contributed by atoms with Gasteiger partial charge in [-0.05, 0) is 55.2 Å². The highest BCUT2D eigenvalue weighted by Crippen LogP contribution is 2.41. The van der Waals surface area contributed by atoms with Crippen LogP contribution < -0.4 is 9.80 Å². The summed E-state index contributed by atoms with van der Waals surface area (Å²) in [6.45, 7) is 5.58. The number of fused-ring (bicyclic) bond motifs is 1. The van der Waals surface area contributed by atoms with Gasteiger partial charge in [0, 0.05) is 19.4 Å². The van der Waals surface area contributed by atoms with Crippen LogP contribution in [0.3, 0.4) is 0 Å². The first-order valence-electron chi connectivity index (χ1n) is 10.8. The third kappa shape index (κ3) is 3.87. The van der Waals surface area contributed by atoms with Gasteiger partial charge < -0.3 is 9.80 Å². The maximum atomic E-state index is 13.2. The quantitative estimate of drug-likeness (QED) is 0.719. The van der Waals surface area contributed by atoms with Crippen molar-refractivity contribution in [3.8, 4) is 11.1 Å². The lowest BCUT2D eigenvalue weighted by Gasteiger charge is -2.43. The Bertz CT molecular complexity index is 1140. The van der Waals surface area contributed by atoms with E-state index in [1.54, 1.807) is 30.0 Å². The molecule has 1 heterocycles. The predicted molar refractivity (Wildman–Crippen MR) is 122 cm³/mol. The highest BCUT2D eigenvalue weighted by atomic mass is 32.2. The Morgan fingerprint density at radius 1 is 1.03 bits per heavy atom. The van der Waals surface area contributed by atoms with Gasteiger partial charge in [0.25, 0.3) is 0 Å². The molecule has 164 valence electrons. The summed E-state index contributed by atoms with van der Waals surface area (Å²) in [6, 6.07) is 12.4. The Morgan fingerprint density at radius 2 is 1.74 bits per heavy atom. The second-order valence-electron chi connectivity index (χ2n) is 8.45. The second kappa shape index (κ2) is 8.11. The van der Waals surface area contributed by atoms with Gasteiger partial charge in [-0.3, -0.25) is 9.59 Å². The van der Waals surface area contributed by atoms with E-state index in [0.717, 1.165) is 36.1 Å². The molecule has 0 bridgehead atoms. The van der Waals surface area contributed by atoms with Crippen LogP contribution in [-0.4, -0.2) is 38.6 Å². The summed E-state index contributed by atoms with van der Waals surface area (Å²) < 4.78 is 24.7. The SMILES string of the molecule is CCS(=O)(=O)c1cccc(-c2ccc3c(c2)N(C(=O)C2CCC2)CC(C)N3C(C)=O)c1. The van der Waals surface area contributed by atoms with E-state index in [4.69, 9.17) is 0 Å². The summed E-state index contributed by atoms with van der Waals surface area (Å²) in [5.74, 6) is 0.136. The Kier molecular flexibility index (Phi) is 5.64. The minimum absolute atomic E-state index is 0.0375. The molecule has 0 aromatic heterocycles. The lowest BCUT2D eigenvalue weighted by Crippen LogP contribution is -2.53. The highest BCUT2D eigenvalue weighted by molar-refractivity contribution is 7.91. The molecule has 4 rings (SSSR count). The normalized spacial score (nSPS) is 19.0. The minimum atomic E-state index is -3.32. The molecule has 2 amide bonds. The average Bonchev–Trinajstić information content (AvgIpc) is 2.71. The maximum absolute atomic E-state index is 13.2. The van der Waals surface area contributed by atoms with E-state index in [1.165, 1.54) is 6.92 Å². The van der Waals surface area contributed by atoms with Gasteiger partial charge in [-0.2, -0.15) is 0 Å². The van der Waals surface area contributed by atoms with Gasteiger partial charge in [0.15, 0.2) is 9.84 Å². The third-order valence-corrected chi connectivity index (χ3v) is 8.11. The van der Waals surface area contributed by atoms with Crippen molar-refractivity contribution >= 4 is 33.0 Å². The van der Waals surface area contributed by atoms with Crippen molar-refractivity contribution in [2.75, 3.05) is 22.1 Å². The largest absolute Gasteiger partial charge is 0.308 e. The van der Waals surface area contributed by atoms with Crippen LogP contribution in [0.4, 0.5) is 11.4 Å². The molecule has 1 unspecified atom stereocenters. The van der Waals surface area contributed by atoms with Crippen molar-refractivity contribution in [3.63, 3.8) is 0 Å². The summed E-state index contributed by atoms with van der Waals surface area (Å²) in [5, 5.41) is 0. The van der Waals surface area contributed by atoms with Gasteiger partial charge in [0.05, 0.1) is 28.1 Å². The number of sulfone groups is 1. The lowest BCUT2D eigenvalue weighted by molar-refractivity contribution is -0.125. The molecule has 0 spiro atoms. The molecule has 2 aromatic rings. The van der Waals surface area contributed by atoms with Crippen LogP contribution in [0.1, 0.15) is 40.0 Å². The first-order valence-corrected chi connectivity index (χ1v) is 12.5. The summed E-state index contributed by atoms with van der Waals surface area (Å²) >= 11 is 0. The molecule has 1 aliphatic carbocycles. The summed E-state index contributed by atoms with van der Waals surface area (Å²) in [7, 11) is -3.32. The number of carbonyl (C=O) groups is 2. The summed E-state index contributed by atoms with van der Waals surface area (Å²) in [5.41, 5.74) is 3.02. The molecule has 2 aliphatic rings. The fourth-order valence-corrected chi connectivity index (χ4v) is 5.33. The molecule has 2 aromatic carbocycles. The molecule has 0 N–H and O–H groups in total. The number of anilines is 2. The molecular weight excluding hydrogens is 412 g/mol. The van der Waals surface area contributed by atoms with Crippen LogP contribution in [0.25, 0.3) is 11.1 Å². The summed E-state index contributed by atoms with van der Waals surface area (Å²) in [6.07, 6.45) is 2.89. The molecule has 1 saturated carbocycles. The van der Waals surface area contributed by atoms with Crippen molar-refractivity contribution in [1.82, 2.24) is 0 Å². The van der Waals surface area contributed by atoms with E-state index in [0.29, 0.717) is 12.2 Å². The first kappa shape index (κ1) is 21.6. The van der Waals surface area contributed by atoms with E-state index in [1.807, 2.05) is 36.1 Å². The van der Waals surface area contributed by atoms with Gasteiger partial charge in [0.1, 0.15) is 0 Å². The molecular formula is C24H28N2O4S. The van der Waals surface area contributed by atoms with E-state index in [9.17, 15) is 18.0 Å². The van der Waals surface area contributed by atoms with Gasteiger partial charge in [-0.15, -0.1) is 0 Å². The van der Waals surface area contributed by atoms with Crippen molar-refractivity contribution in [3.05, 3.63) is 42.5 Å². The molecule has 6 nitrogen and oxygen atoms in total. The number of hydrogen-bond donors (Lipinski definition) is 0. The number of carbonyl (C=O) groups excluding carboxylic acids is 2. The molecule has 7 heteroatoms. The van der Waals surface area contributed by atoms with E-state index >= 15 is 0 Å². The van der Waals surface area contributed by atoms with Crippen molar-refractivity contribution in [1.29, 1.82) is 0 Å². The molecule has 1 aliphatic heterocycles. The molecule has 0 saturated heterocycles. The van der Waals surface area contributed by atoms with Gasteiger partial charge in [0.2, 0.25) is 11.8 Å². The van der Waals surface area contributed by atoms with Crippen molar-refractivity contribution in [2.45, 2.75) is 51.0 Å². The predicted octanol–water partition coefficient (Wildman–Crippen LogP) is 4.04. The molecule has 1 fully saturated rings. The van der Waals surface area contributed by atoms with Crippen LogP contribution in [-0.2, 0) is 19.4 Å². The highest BCUT2D eigenvalue weighted by Gasteiger charge is 2.37. The fourth-order valence-electron chi connectivity index (χ4n) is 4.40. The Hall–Kier alpha value is -2.67. The van der Waals surface area contributed by atoms with Crippen LogP contribution in [0.2, 0.25) is 0 Å². The smallest absolute Gasteiger partial charge is 0.230 e. The van der Waals surface area contributed by atoms with E-state index in [2.05, 4.69) is 0 Å². The van der Waals surface area contributed by atoms with E-state index in [-0.39, 0.29) is 34.4 Å². The molecule has 1 atom stereocenters. The first-order chi connectivity index (χ1) is 14.7. The van der Waals surface area contributed by atoms with Crippen LogP contribution in [0.5, 0.6) is 0 Å². The number of nitrogens with zero attached hydrogens (tertiary/aromatic N) is 2. The fraction of sp³-hybridized carbons (Fsp3) is 0.417. The zero-order valence-electron chi connectivity index (χ0n) is 18.2. The van der Waals surface area contributed by atoms with Gasteiger partial charge >= 0.3 is 0 Å². The van der Waals surface area contributed by atoms with Crippen LogP contribution in [0, 0.1) is 5.92 Å². The zero-order chi connectivity index (χ0) is 22.3. The average molecular weight is 441 g/mol. The lowest BCUT2D eigenvalue weighted by atomic mass is 9.84. The Balaban J connectivity index is 1.81. The number of amides is 2. The molecule has 0 radical (unpaired) electrons. The van der Waals surface area contributed by atoms with Crippen LogP contribution in [0.15, 0.2) is 47.4 Å². The van der Waals surface area contributed by atoms with Crippen LogP contribution >= 0.6 is 0 Å². The summed E-state index contributed by atoms with van der Waals surface area (Å²) in [4.78, 5) is 29.4. The standard InChI is InChI=1S/C24H28N2O4S/c1-4-31(29,30)21-10-6-9-19(13-21)20-11-12-22-23(14-20)25(24(28)18-7-5-8-18)15-16(2)26(22)17(3)27/h6,9-14,16,18H,4-5,7-8,15H2,1-3H3. The monoisotopic (exact) mass is 440 g/mol. The maximum Gasteiger partial charge on any atom is 0.230 e. The Labute approximate surface area is 183 Å². The van der Waals surface area contributed by atoms with Gasteiger partial charge in [-0.1, -0.05) is 31.5 Å². The van der Waals surface area contributed by atoms with Crippen molar-refractivity contribution < 1.29 is 18.0 Å². The topological polar surface area (TPSA) is 74.8 Å². The third-order valence-electron chi connectivity index (χ3n) is 6.38. The number of rotatable bonds is 4. The van der Waals surface area contributed by atoms with E-state index < -0.39 is 9.84 Å². The Morgan fingerprint density at radius 3 is 2.35 bits per heavy atom. The zero-order valence-corrected chi connectivity index (χ0v) is 19.0. The minimum Gasteiger partial charge on any atom is -0.308 e. The van der Waals surface area contributed by atoms with Gasteiger partial charge in [-0.25, -0.2) is 8.42 Å². The number of benzene rings is 2. The number of hydrogen-bond acceptors (Lipinski definition) is 4.